The molecule has 100 valence electrons. The third-order valence-electron chi connectivity index (χ3n) is 4.62. The number of nitrogens with zero attached hydrogens (tertiary/aromatic N) is 1. The maximum atomic E-state index is 12.0. The van der Waals surface area contributed by atoms with Crippen LogP contribution in [0.4, 0.5) is 0 Å². The summed E-state index contributed by atoms with van der Waals surface area (Å²) in [6, 6.07) is 1.23. The lowest BCUT2D eigenvalue weighted by Crippen LogP contribution is -2.53. The van der Waals surface area contributed by atoms with Crippen molar-refractivity contribution in [3.05, 3.63) is 0 Å². The van der Waals surface area contributed by atoms with Gasteiger partial charge >= 0.3 is 5.97 Å². The van der Waals surface area contributed by atoms with Gasteiger partial charge in [0, 0.05) is 31.6 Å². The third kappa shape index (κ3) is 2.23. The van der Waals surface area contributed by atoms with Gasteiger partial charge in [-0.05, 0) is 31.6 Å². The van der Waals surface area contributed by atoms with E-state index in [0.717, 1.165) is 12.8 Å². The van der Waals surface area contributed by atoms with Crippen molar-refractivity contribution < 1.29 is 14.7 Å². The number of likely N-dealkylation sites (tertiary alicyclic amines) is 1. The maximum Gasteiger partial charge on any atom is 0.310 e. The summed E-state index contributed by atoms with van der Waals surface area (Å²) >= 11 is 0. The molecule has 1 amide bonds. The lowest BCUT2D eigenvalue weighted by molar-refractivity contribution is -0.153. The van der Waals surface area contributed by atoms with Crippen molar-refractivity contribution >= 4 is 11.9 Å². The second kappa shape index (κ2) is 4.53. The molecule has 0 saturated carbocycles. The Morgan fingerprint density at radius 3 is 2.33 bits per heavy atom. The zero-order chi connectivity index (χ0) is 12.7. The molecule has 2 bridgehead atoms. The van der Waals surface area contributed by atoms with Gasteiger partial charge in [-0.25, -0.2) is 0 Å². The summed E-state index contributed by atoms with van der Waals surface area (Å²) in [7, 11) is 0. The van der Waals surface area contributed by atoms with Gasteiger partial charge in [-0.15, -0.1) is 0 Å². The normalized spacial score (nSPS) is 35.3. The van der Waals surface area contributed by atoms with E-state index in [1.54, 1.807) is 4.90 Å². The summed E-state index contributed by atoms with van der Waals surface area (Å²) < 4.78 is 0. The Kier molecular flexibility index (Phi) is 3.01. The summed E-state index contributed by atoms with van der Waals surface area (Å²) in [4.78, 5) is 24.4. The van der Waals surface area contributed by atoms with Crippen LogP contribution in [-0.4, -0.2) is 47.1 Å². The largest absolute Gasteiger partial charge is 0.481 e. The summed E-state index contributed by atoms with van der Waals surface area (Å²) in [6.45, 7) is 0.817. The summed E-state index contributed by atoms with van der Waals surface area (Å²) in [5, 5.41) is 12.4. The van der Waals surface area contributed by atoms with Crippen LogP contribution in [0, 0.1) is 11.8 Å². The van der Waals surface area contributed by atoms with Gasteiger partial charge in [-0.2, -0.15) is 0 Å². The van der Waals surface area contributed by atoms with E-state index < -0.39 is 5.97 Å². The van der Waals surface area contributed by atoms with Crippen molar-refractivity contribution in [1.29, 1.82) is 0 Å². The number of aliphatic carboxylic acids is 1. The van der Waals surface area contributed by atoms with Gasteiger partial charge in [-0.1, -0.05) is 0 Å². The van der Waals surface area contributed by atoms with Crippen LogP contribution in [0.25, 0.3) is 0 Å². The van der Waals surface area contributed by atoms with Crippen LogP contribution in [0.5, 0.6) is 0 Å². The number of fused-ring (bicyclic) bond motifs is 2. The molecular formula is C13H20N2O3. The Balaban J connectivity index is 1.46. The Labute approximate surface area is 107 Å². The third-order valence-corrected chi connectivity index (χ3v) is 4.62. The average Bonchev–Trinajstić information content (AvgIpc) is 2.55. The van der Waals surface area contributed by atoms with Crippen molar-refractivity contribution in [2.45, 2.75) is 44.2 Å². The molecule has 5 heteroatoms. The highest BCUT2D eigenvalue weighted by Crippen LogP contribution is 2.33. The molecule has 3 fully saturated rings. The Hall–Kier alpha value is -1.10. The Morgan fingerprint density at radius 2 is 1.78 bits per heavy atom. The van der Waals surface area contributed by atoms with Crippen LogP contribution in [0.2, 0.25) is 0 Å². The molecule has 3 saturated heterocycles. The number of carbonyl (C=O) groups is 2. The SMILES string of the molecule is O=C(O)C1CN(C(=O)CC2CC3CCC(C2)N3)C1. The fourth-order valence-electron chi connectivity index (χ4n) is 3.56. The Bertz CT molecular complexity index is 353. The number of hydrogen-bond acceptors (Lipinski definition) is 3. The molecule has 3 rings (SSSR count). The van der Waals surface area contributed by atoms with E-state index in [-0.39, 0.29) is 11.8 Å². The molecule has 2 unspecified atom stereocenters. The molecule has 3 aliphatic rings. The van der Waals surface area contributed by atoms with E-state index in [1.807, 2.05) is 0 Å². The van der Waals surface area contributed by atoms with Crippen molar-refractivity contribution in [2.75, 3.05) is 13.1 Å². The van der Waals surface area contributed by atoms with Crippen LogP contribution in [0.3, 0.4) is 0 Å². The molecule has 5 nitrogen and oxygen atoms in total. The lowest BCUT2D eigenvalue weighted by atomic mass is 9.88. The predicted octanol–water partition coefficient (Wildman–Crippen LogP) is 0.450. The molecule has 2 N–H and O–H groups in total. The number of nitrogens with one attached hydrogen (secondary N) is 1. The fourth-order valence-corrected chi connectivity index (χ4v) is 3.56. The van der Waals surface area contributed by atoms with Crippen LogP contribution in [0.1, 0.15) is 32.1 Å². The number of carbonyl (C=O) groups excluding carboxylic acids is 1. The molecule has 0 spiro atoms. The van der Waals surface area contributed by atoms with Gasteiger partial charge in [-0.3, -0.25) is 9.59 Å². The molecule has 18 heavy (non-hydrogen) atoms. The number of rotatable bonds is 3. The number of carboxylic acids is 1. The van der Waals surface area contributed by atoms with Gasteiger partial charge in [0.05, 0.1) is 5.92 Å². The average molecular weight is 252 g/mol. The standard InChI is InChI=1S/C13H20N2O3/c16-12(15-6-9(7-15)13(17)18)5-8-3-10-1-2-11(4-8)14-10/h8-11,14H,1-7H2,(H,17,18). The van der Waals surface area contributed by atoms with Crippen LogP contribution >= 0.6 is 0 Å². The van der Waals surface area contributed by atoms with E-state index in [4.69, 9.17) is 5.11 Å². The summed E-state index contributed by atoms with van der Waals surface area (Å²) in [6.07, 6.45) is 5.33. The minimum Gasteiger partial charge on any atom is -0.481 e. The molecule has 3 aliphatic heterocycles. The van der Waals surface area contributed by atoms with E-state index >= 15 is 0 Å². The minimum atomic E-state index is -0.779. The van der Waals surface area contributed by atoms with Crippen molar-refractivity contribution in [1.82, 2.24) is 10.2 Å². The highest BCUT2D eigenvalue weighted by Gasteiger charge is 2.38. The molecule has 0 aliphatic carbocycles. The summed E-state index contributed by atoms with van der Waals surface area (Å²) in [5.74, 6) is -0.462. The van der Waals surface area contributed by atoms with Gasteiger partial charge in [0.1, 0.15) is 0 Å². The van der Waals surface area contributed by atoms with E-state index in [0.29, 0.717) is 37.5 Å². The second-order valence-corrected chi connectivity index (χ2v) is 6.01. The minimum absolute atomic E-state index is 0.152. The smallest absolute Gasteiger partial charge is 0.310 e. The van der Waals surface area contributed by atoms with Crippen LogP contribution < -0.4 is 5.32 Å². The van der Waals surface area contributed by atoms with E-state index in [2.05, 4.69) is 5.32 Å². The monoisotopic (exact) mass is 252 g/mol. The second-order valence-electron chi connectivity index (χ2n) is 6.01. The van der Waals surface area contributed by atoms with E-state index in [1.165, 1.54) is 12.8 Å². The Morgan fingerprint density at radius 1 is 1.17 bits per heavy atom. The highest BCUT2D eigenvalue weighted by atomic mass is 16.4. The number of piperidine rings is 1. The van der Waals surface area contributed by atoms with Crippen LogP contribution in [-0.2, 0) is 9.59 Å². The predicted molar refractivity (Wildman–Crippen MR) is 65.0 cm³/mol. The molecule has 2 atom stereocenters. The van der Waals surface area contributed by atoms with Gasteiger partial charge in [0.25, 0.3) is 0 Å². The van der Waals surface area contributed by atoms with Crippen LogP contribution in [0.15, 0.2) is 0 Å². The number of carboxylic acid groups (broad SMARTS) is 1. The van der Waals surface area contributed by atoms with Gasteiger partial charge in [0.2, 0.25) is 5.91 Å². The number of hydrogen-bond donors (Lipinski definition) is 2. The van der Waals surface area contributed by atoms with Gasteiger partial charge in [0.15, 0.2) is 0 Å². The molecular weight excluding hydrogens is 232 g/mol. The maximum absolute atomic E-state index is 12.0. The fraction of sp³-hybridized carbons (Fsp3) is 0.846. The molecule has 0 aromatic rings. The zero-order valence-electron chi connectivity index (χ0n) is 10.5. The van der Waals surface area contributed by atoms with Crippen molar-refractivity contribution in [3.63, 3.8) is 0 Å². The highest BCUT2D eigenvalue weighted by molar-refractivity contribution is 5.81. The topological polar surface area (TPSA) is 69.6 Å². The van der Waals surface area contributed by atoms with Crippen molar-refractivity contribution in [3.8, 4) is 0 Å². The first-order valence-electron chi connectivity index (χ1n) is 6.88. The first-order valence-corrected chi connectivity index (χ1v) is 6.88. The first kappa shape index (κ1) is 12.0. The molecule has 0 radical (unpaired) electrons. The molecule has 0 aromatic carbocycles. The summed E-state index contributed by atoms with van der Waals surface area (Å²) in [5.41, 5.74) is 0. The lowest BCUT2D eigenvalue weighted by Gasteiger charge is -2.38. The van der Waals surface area contributed by atoms with Crippen molar-refractivity contribution in [2.24, 2.45) is 11.8 Å². The van der Waals surface area contributed by atoms with E-state index in [9.17, 15) is 9.59 Å². The molecule has 0 aromatic heterocycles. The zero-order valence-corrected chi connectivity index (χ0v) is 10.5. The first-order chi connectivity index (χ1) is 8.61. The number of amides is 1. The molecule has 3 heterocycles. The van der Waals surface area contributed by atoms with Gasteiger partial charge < -0.3 is 15.3 Å². The quantitative estimate of drug-likeness (QED) is 0.765.